The van der Waals surface area contributed by atoms with E-state index in [4.69, 9.17) is 21.1 Å². The molecule has 0 aliphatic heterocycles. The predicted octanol–water partition coefficient (Wildman–Crippen LogP) is 4.81. The molecule has 0 saturated heterocycles. The van der Waals surface area contributed by atoms with Gasteiger partial charge in [0, 0.05) is 21.6 Å². The largest absolute Gasteiger partial charge is 0.493 e. The van der Waals surface area contributed by atoms with Gasteiger partial charge in [-0.05, 0) is 40.2 Å². The van der Waals surface area contributed by atoms with Gasteiger partial charge in [0.15, 0.2) is 11.5 Å². The Morgan fingerprint density at radius 3 is 2.48 bits per heavy atom. The van der Waals surface area contributed by atoms with Crippen molar-refractivity contribution in [1.29, 1.82) is 0 Å². The maximum atomic E-state index is 6.02. The highest BCUT2D eigenvalue weighted by Crippen LogP contribution is 2.35. The first kappa shape index (κ1) is 15.8. The normalized spacial score (nSPS) is 10.6. The second kappa shape index (κ2) is 6.60. The molecule has 118 valence electrons. The van der Waals surface area contributed by atoms with E-state index in [2.05, 4.69) is 31.2 Å². The van der Waals surface area contributed by atoms with E-state index >= 15 is 0 Å². The highest BCUT2D eigenvalue weighted by Gasteiger charge is 2.11. The first-order chi connectivity index (χ1) is 11.1. The number of halogens is 2. The van der Waals surface area contributed by atoms with Crippen molar-refractivity contribution >= 4 is 49.9 Å². The third kappa shape index (κ3) is 3.18. The summed E-state index contributed by atoms with van der Waals surface area (Å²) < 4.78 is 11.5. The molecule has 0 aliphatic carbocycles. The van der Waals surface area contributed by atoms with Crippen molar-refractivity contribution < 1.29 is 9.47 Å². The van der Waals surface area contributed by atoms with Crippen LogP contribution in [0, 0.1) is 0 Å². The minimum absolute atomic E-state index is 0.620. The molecule has 0 amide bonds. The van der Waals surface area contributed by atoms with Crippen LogP contribution < -0.4 is 14.8 Å². The van der Waals surface area contributed by atoms with Crippen molar-refractivity contribution in [3.8, 4) is 11.5 Å². The lowest BCUT2D eigenvalue weighted by atomic mass is 10.2. The van der Waals surface area contributed by atoms with Gasteiger partial charge in [-0.2, -0.15) is 0 Å². The van der Waals surface area contributed by atoms with Crippen LogP contribution in [0.5, 0.6) is 11.5 Å². The van der Waals surface area contributed by atoms with Crippen LogP contribution in [-0.4, -0.2) is 24.2 Å². The van der Waals surface area contributed by atoms with Crippen molar-refractivity contribution in [2.45, 2.75) is 0 Å². The van der Waals surface area contributed by atoms with E-state index in [1.807, 2.05) is 24.3 Å². The van der Waals surface area contributed by atoms with Crippen LogP contribution in [0.4, 0.5) is 11.5 Å². The standard InChI is InChI=1S/C16H13BrClN3O2/c1-22-14-6-10-13(7-15(14)23-2)19-8-20-16(10)21-9-3-4-12(18)11(17)5-9/h3-8H,1-2H3,(H,19,20,21). The Morgan fingerprint density at radius 2 is 1.78 bits per heavy atom. The molecule has 3 rings (SSSR count). The van der Waals surface area contributed by atoms with Gasteiger partial charge in [-0.25, -0.2) is 9.97 Å². The Hall–Kier alpha value is -2.05. The smallest absolute Gasteiger partial charge is 0.162 e. The number of nitrogens with zero attached hydrogens (tertiary/aromatic N) is 2. The average Bonchev–Trinajstić information content (AvgIpc) is 2.57. The van der Waals surface area contributed by atoms with Crippen LogP contribution in [-0.2, 0) is 0 Å². The van der Waals surface area contributed by atoms with E-state index < -0.39 is 0 Å². The average molecular weight is 395 g/mol. The zero-order valence-electron chi connectivity index (χ0n) is 12.4. The SMILES string of the molecule is COc1cc2ncnc(Nc3ccc(Cl)c(Br)c3)c2cc1OC. The van der Waals surface area contributed by atoms with Gasteiger partial charge in [0.05, 0.1) is 24.8 Å². The van der Waals surface area contributed by atoms with Crippen LogP contribution in [0.3, 0.4) is 0 Å². The molecule has 0 saturated carbocycles. The molecule has 1 aromatic heterocycles. The summed E-state index contributed by atoms with van der Waals surface area (Å²) in [5.41, 5.74) is 1.62. The Labute approximate surface area is 146 Å². The fourth-order valence-corrected chi connectivity index (χ4v) is 2.69. The number of nitrogens with one attached hydrogen (secondary N) is 1. The van der Waals surface area contributed by atoms with Gasteiger partial charge in [-0.15, -0.1) is 0 Å². The zero-order chi connectivity index (χ0) is 16.4. The summed E-state index contributed by atoms with van der Waals surface area (Å²) in [4.78, 5) is 8.60. The van der Waals surface area contributed by atoms with E-state index in [0.717, 1.165) is 21.1 Å². The number of benzene rings is 2. The first-order valence-corrected chi connectivity index (χ1v) is 7.88. The second-order valence-corrected chi connectivity index (χ2v) is 5.96. The minimum Gasteiger partial charge on any atom is -0.493 e. The Bertz CT molecular complexity index is 873. The molecular formula is C16H13BrClN3O2. The van der Waals surface area contributed by atoms with Crippen LogP contribution in [0.2, 0.25) is 5.02 Å². The van der Waals surface area contributed by atoms with E-state index in [-0.39, 0.29) is 0 Å². The Morgan fingerprint density at radius 1 is 1.04 bits per heavy atom. The molecule has 3 aromatic rings. The van der Waals surface area contributed by atoms with Gasteiger partial charge in [0.2, 0.25) is 0 Å². The number of ether oxygens (including phenoxy) is 2. The molecule has 0 bridgehead atoms. The molecule has 2 aromatic carbocycles. The summed E-state index contributed by atoms with van der Waals surface area (Å²) in [6.07, 6.45) is 1.50. The molecular weight excluding hydrogens is 382 g/mol. The van der Waals surface area contributed by atoms with Crippen LogP contribution >= 0.6 is 27.5 Å². The van der Waals surface area contributed by atoms with Crippen LogP contribution in [0.1, 0.15) is 0 Å². The topological polar surface area (TPSA) is 56.3 Å². The van der Waals surface area contributed by atoms with Crippen molar-refractivity contribution in [2.75, 3.05) is 19.5 Å². The maximum absolute atomic E-state index is 6.02. The molecule has 1 heterocycles. The van der Waals surface area contributed by atoms with Gasteiger partial charge < -0.3 is 14.8 Å². The maximum Gasteiger partial charge on any atom is 0.162 e. The van der Waals surface area contributed by atoms with Gasteiger partial charge in [0.1, 0.15) is 12.1 Å². The Balaban J connectivity index is 2.08. The van der Waals surface area contributed by atoms with Gasteiger partial charge in [-0.3, -0.25) is 0 Å². The summed E-state index contributed by atoms with van der Waals surface area (Å²) in [5.74, 6) is 1.92. The van der Waals surface area contributed by atoms with Crippen LogP contribution in [0.25, 0.3) is 10.9 Å². The van der Waals surface area contributed by atoms with Crippen molar-refractivity contribution in [2.24, 2.45) is 0 Å². The number of hydrogen-bond donors (Lipinski definition) is 1. The summed E-state index contributed by atoms with van der Waals surface area (Å²) in [6.45, 7) is 0. The molecule has 0 unspecified atom stereocenters. The highest BCUT2D eigenvalue weighted by molar-refractivity contribution is 9.10. The first-order valence-electron chi connectivity index (χ1n) is 6.71. The molecule has 5 nitrogen and oxygen atoms in total. The molecule has 0 fully saturated rings. The lowest BCUT2D eigenvalue weighted by molar-refractivity contribution is 0.356. The molecule has 0 radical (unpaired) electrons. The lowest BCUT2D eigenvalue weighted by Gasteiger charge is -2.12. The van der Waals surface area contributed by atoms with E-state index in [1.165, 1.54) is 6.33 Å². The fourth-order valence-electron chi connectivity index (χ4n) is 2.19. The third-order valence-electron chi connectivity index (χ3n) is 3.32. The van der Waals surface area contributed by atoms with E-state index in [1.54, 1.807) is 20.3 Å². The molecule has 0 spiro atoms. The number of fused-ring (bicyclic) bond motifs is 1. The van der Waals surface area contributed by atoms with Gasteiger partial charge in [0.25, 0.3) is 0 Å². The molecule has 7 heteroatoms. The number of anilines is 2. The molecule has 1 N–H and O–H groups in total. The van der Waals surface area contributed by atoms with Crippen LogP contribution in [0.15, 0.2) is 41.1 Å². The monoisotopic (exact) mass is 393 g/mol. The number of hydrogen-bond acceptors (Lipinski definition) is 5. The van der Waals surface area contributed by atoms with Crippen molar-refractivity contribution in [1.82, 2.24) is 9.97 Å². The fraction of sp³-hybridized carbons (Fsp3) is 0.125. The van der Waals surface area contributed by atoms with Gasteiger partial charge in [-0.1, -0.05) is 11.6 Å². The third-order valence-corrected chi connectivity index (χ3v) is 4.54. The minimum atomic E-state index is 0.620. The Kier molecular flexibility index (Phi) is 4.54. The summed E-state index contributed by atoms with van der Waals surface area (Å²) in [6, 6.07) is 9.24. The molecule has 23 heavy (non-hydrogen) atoms. The van der Waals surface area contributed by atoms with Crippen molar-refractivity contribution in [3.05, 3.63) is 46.2 Å². The highest BCUT2D eigenvalue weighted by atomic mass is 79.9. The van der Waals surface area contributed by atoms with Gasteiger partial charge >= 0.3 is 0 Å². The summed E-state index contributed by atoms with van der Waals surface area (Å²) in [7, 11) is 3.19. The lowest BCUT2D eigenvalue weighted by Crippen LogP contribution is -1.98. The summed E-state index contributed by atoms with van der Waals surface area (Å²) >= 11 is 9.43. The number of aromatic nitrogens is 2. The summed E-state index contributed by atoms with van der Waals surface area (Å²) in [5, 5.41) is 4.75. The van der Waals surface area contributed by atoms with E-state index in [0.29, 0.717) is 22.3 Å². The molecule has 0 atom stereocenters. The number of rotatable bonds is 4. The van der Waals surface area contributed by atoms with E-state index in [9.17, 15) is 0 Å². The number of methoxy groups -OCH3 is 2. The zero-order valence-corrected chi connectivity index (χ0v) is 14.8. The van der Waals surface area contributed by atoms with Crippen molar-refractivity contribution in [3.63, 3.8) is 0 Å². The quantitative estimate of drug-likeness (QED) is 0.688. The molecule has 0 aliphatic rings. The second-order valence-electron chi connectivity index (χ2n) is 4.70. The predicted molar refractivity (Wildman–Crippen MR) is 95.1 cm³/mol.